The van der Waals surface area contributed by atoms with Crippen molar-refractivity contribution in [3.63, 3.8) is 0 Å². The first-order valence-corrected chi connectivity index (χ1v) is 13.0. The number of hydrogen-bond donors (Lipinski definition) is 2. The lowest BCUT2D eigenvalue weighted by Crippen LogP contribution is -2.61. The Bertz CT molecular complexity index is 784. The van der Waals surface area contributed by atoms with Gasteiger partial charge in [0.1, 0.15) is 0 Å². The van der Waals surface area contributed by atoms with Gasteiger partial charge >= 0.3 is 6.18 Å². The van der Waals surface area contributed by atoms with Gasteiger partial charge in [-0.25, -0.2) is 0 Å². The van der Waals surface area contributed by atoms with E-state index >= 15 is 0 Å². The number of halogens is 3. The van der Waals surface area contributed by atoms with Gasteiger partial charge in [0.2, 0.25) is 11.8 Å². The van der Waals surface area contributed by atoms with Crippen molar-refractivity contribution in [2.45, 2.75) is 104 Å². The summed E-state index contributed by atoms with van der Waals surface area (Å²) in [5.74, 6) is -0.582. The van der Waals surface area contributed by atoms with E-state index < -0.39 is 18.1 Å². The highest BCUT2D eigenvalue weighted by Crippen LogP contribution is 2.65. The van der Waals surface area contributed by atoms with Gasteiger partial charge in [-0.05, 0) is 79.4 Å². The molecule has 2 amide bonds. The zero-order chi connectivity index (χ0) is 24.3. The fourth-order valence-corrected chi connectivity index (χ4v) is 8.47. The van der Waals surface area contributed by atoms with Gasteiger partial charge in [0.25, 0.3) is 0 Å². The van der Waals surface area contributed by atoms with E-state index in [1.807, 2.05) is 0 Å². The Kier molecular flexibility index (Phi) is 6.35. The molecule has 4 nitrogen and oxygen atoms in total. The zero-order valence-corrected chi connectivity index (χ0v) is 20.7. The average molecular weight is 471 g/mol. The highest BCUT2D eigenvalue weighted by molar-refractivity contribution is 5.80. The summed E-state index contributed by atoms with van der Waals surface area (Å²) in [5.41, 5.74) is -0.0429. The molecule has 33 heavy (non-hydrogen) atoms. The Morgan fingerprint density at radius 2 is 1.67 bits per heavy atom. The summed E-state index contributed by atoms with van der Waals surface area (Å²) < 4.78 is 40.3. The van der Waals surface area contributed by atoms with Gasteiger partial charge in [-0.3, -0.25) is 9.59 Å². The second-order valence-electron chi connectivity index (χ2n) is 12.4. The van der Waals surface area contributed by atoms with Crippen LogP contribution >= 0.6 is 0 Å². The molecule has 4 unspecified atom stereocenters. The van der Waals surface area contributed by atoms with E-state index in [0.29, 0.717) is 24.2 Å². The second-order valence-corrected chi connectivity index (χ2v) is 12.4. The largest absolute Gasteiger partial charge is 0.393 e. The summed E-state index contributed by atoms with van der Waals surface area (Å²) in [5, 5.41) is 6.09. The molecule has 3 aliphatic carbocycles. The Morgan fingerprint density at radius 1 is 1.00 bits per heavy atom. The molecular formula is C26H41F3N2O2. The Labute approximate surface area is 196 Å². The van der Waals surface area contributed by atoms with Crippen LogP contribution in [0.3, 0.4) is 0 Å². The highest BCUT2D eigenvalue weighted by atomic mass is 19.4. The summed E-state index contributed by atoms with van der Waals surface area (Å²) >= 11 is 0. The zero-order valence-electron chi connectivity index (χ0n) is 20.7. The normalized spacial score (nSPS) is 42.6. The summed E-state index contributed by atoms with van der Waals surface area (Å²) in [4.78, 5) is 25.4. The molecule has 0 aromatic heterocycles. The monoisotopic (exact) mass is 470 g/mol. The van der Waals surface area contributed by atoms with Crippen molar-refractivity contribution in [1.29, 1.82) is 0 Å². The third kappa shape index (κ3) is 4.09. The topological polar surface area (TPSA) is 58.2 Å². The average Bonchev–Trinajstić information content (AvgIpc) is 3.08. The molecule has 7 heteroatoms. The lowest BCUT2D eigenvalue weighted by molar-refractivity contribution is -0.181. The molecule has 0 spiro atoms. The van der Waals surface area contributed by atoms with E-state index in [0.717, 1.165) is 44.9 Å². The maximum atomic E-state index is 13.4. The summed E-state index contributed by atoms with van der Waals surface area (Å²) in [7, 11) is 0. The van der Waals surface area contributed by atoms with Gasteiger partial charge in [-0.15, -0.1) is 0 Å². The van der Waals surface area contributed by atoms with Crippen molar-refractivity contribution in [2.24, 2.45) is 46.3 Å². The first-order valence-electron chi connectivity index (χ1n) is 13.0. The second kappa shape index (κ2) is 8.44. The minimum Gasteiger partial charge on any atom is -0.353 e. The molecule has 1 aliphatic heterocycles. The van der Waals surface area contributed by atoms with Gasteiger partial charge in [0, 0.05) is 24.4 Å². The van der Waals surface area contributed by atoms with E-state index in [-0.39, 0.29) is 40.5 Å². The van der Waals surface area contributed by atoms with Crippen LogP contribution in [0.2, 0.25) is 0 Å². The molecule has 0 bridgehead atoms. The Balaban J connectivity index is 1.51. The number of carbonyl (C=O) groups excluding carboxylic acids is 2. The van der Waals surface area contributed by atoms with Crippen LogP contribution in [0.1, 0.15) is 86.0 Å². The number of rotatable bonds is 4. The van der Waals surface area contributed by atoms with Crippen molar-refractivity contribution in [3.8, 4) is 0 Å². The van der Waals surface area contributed by atoms with E-state index in [9.17, 15) is 22.8 Å². The molecule has 4 fully saturated rings. The first-order chi connectivity index (χ1) is 15.3. The smallest absolute Gasteiger partial charge is 0.353 e. The van der Waals surface area contributed by atoms with E-state index in [4.69, 9.17) is 0 Å². The molecule has 0 radical (unpaired) electrons. The third-order valence-corrected chi connectivity index (χ3v) is 10.5. The molecule has 3 saturated carbocycles. The van der Waals surface area contributed by atoms with Crippen molar-refractivity contribution in [3.05, 3.63) is 0 Å². The van der Waals surface area contributed by atoms with Crippen LogP contribution < -0.4 is 10.6 Å². The molecule has 0 aromatic rings. The predicted octanol–water partition coefficient (Wildman–Crippen LogP) is 5.46. The van der Waals surface area contributed by atoms with Crippen LogP contribution in [0.15, 0.2) is 0 Å². The molecular weight excluding hydrogens is 429 g/mol. The lowest BCUT2D eigenvalue weighted by Gasteiger charge is -2.60. The molecule has 4 aliphatic rings. The minimum absolute atomic E-state index is 0.114. The van der Waals surface area contributed by atoms with Gasteiger partial charge in [-0.2, -0.15) is 13.2 Å². The number of amides is 2. The maximum absolute atomic E-state index is 13.4. The molecule has 4 rings (SSSR count). The van der Waals surface area contributed by atoms with Crippen LogP contribution in [0.25, 0.3) is 0 Å². The number of piperidine rings is 1. The predicted molar refractivity (Wildman–Crippen MR) is 121 cm³/mol. The number of nitrogens with one attached hydrogen (secondary N) is 2. The minimum atomic E-state index is -4.33. The third-order valence-electron chi connectivity index (χ3n) is 10.5. The highest BCUT2D eigenvalue weighted by Gasteiger charge is 2.61. The molecule has 188 valence electrons. The molecule has 1 saturated heterocycles. The lowest BCUT2D eigenvalue weighted by atomic mass is 9.47. The van der Waals surface area contributed by atoms with Gasteiger partial charge < -0.3 is 10.6 Å². The molecule has 0 aromatic carbocycles. The van der Waals surface area contributed by atoms with Crippen LogP contribution in [0, 0.1) is 46.3 Å². The fraction of sp³-hybridized carbons (Fsp3) is 0.923. The SMILES string of the molecule is CC(C)C(NC(=O)C1CC[C@H]2[C@@H]3CCC4NC(=O)CC[C@]4(C)[C@@H]3CC[C@]12C)C(C)C(F)(F)F. The van der Waals surface area contributed by atoms with Crippen molar-refractivity contribution < 1.29 is 22.8 Å². The summed E-state index contributed by atoms with van der Waals surface area (Å²) in [6.07, 6.45) is 2.98. The van der Waals surface area contributed by atoms with Crippen LogP contribution in [0.5, 0.6) is 0 Å². The number of alkyl halides is 3. The fourth-order valence-electron chi connectivity index (χ4n) is 8.47. The Morgan fingerprint density at radius 3 is 2.30 bits per heavy atom. The van der Waals surface area contributed by atoms with E-state index in [1.54, 1.807) is 13.8 Å². The summed E-state index contributed by atoms with van der Waals surface area (Å²) in [6, 6.07) is -0.655. The van der Waals surface area contributed by atoms with Gasteiger partial charge in [0.15, 0.2) is 0 Å². The number of fused-ring (bicyclic) bond motifs is 5. The van der Waals surface area contributed by atoms with Crippen LogP contribution in [-0.2, 0) is 9.59 Å². The van der Waals surface area contributed by atoms with Crippen molar-refractivity contribution >= 4 is 11.8 Å². The molecule has 9 atom stereocenters. The van der Waals surface area contributed by atoms with Crippen LogP contribution in [-0.4, -0.2) is 30.1 Å². The van der Waals surface area contributed by atoms with Gasteiger partial charge in [0.05, 0.1) is 5.92 Å². The number of hydrogen-bond acceptors (Lipinski definition) is 2. The number of carbonyl (C=O) groups is 2. The van der Waals surface area contributed by atoms with Crippen molar-refractivity contribution in [2.75, 3.05) is 0 Å². The molecule has 2 N–H and O–H groups in total. The van der Waals surface area contributed by atoms with Gasteiger partial charge in [-0.1, -0.05) is 34.6 Å². The maximum Gasteiger partial charge on any atom is 0.393 e. The Hall–Kier alpha value is -1.27. The quantitative estimate of drug-likeness (QED) is 0.573. The van der Waals surface area contributed by atoms with Crippen molar-refractivity contribution in [1.82, 2.24) is 10.6 Å². The first kappa shape index (κ1) is 24.8. The van der Waals surface area contributed by atoms with E-state index in [2.05, 4.69) is 24.5 Å². The van der Waals surface area contributed by atoms with Crippen LogP contribution in [0.4, 0.5) is 13.2 Å². The molecule has 1 heterocycles. The van der Waals surface area contributed by atoms with E-state index in [1.165, 1.54) is 6.92 Å². The summed E-state index contributed by atoms with van der Waals surface area (Å²) in [6.45, 7) is 9.25. The standard InChI is InChI=1S/C26H41F3N2O2/c1-14(2)22(15(3)26(27,28)29)31-23(33)19-8-7-17-16-6-9-20-25(5,13-11-21(32)30-20)18(16)10-12-24(17,19)4/h14-20,22H,6-13H2,1-5H3,(H,30,32)(H,31,33)/t15?,16-,17-,18+,19?,20?,22?,24-,25+/m0/s1.